The molecule has 0 aliphatic carbocycles. The largest absolute Gasteiger partial charge is 0.494 e. The van der Waals surface area contributed by atoms with Crippen LogP contribution < -0.4 is 10.1 Å². The van der Waals surface area contributed by atoms with Gasteiger partial charge in [0.1, 0.15) is 5.75 Å². The standard InChI is InChI=1S/C17H16BrNO2/c1-2-21-13-6-3-11(4-7-13)9-15-14-10-12(18)5-8-16(14)19-17(15)20/h3-8,10,15H,2,9H2,1H3,(H,19,20)/t15-/m0/s1. The number of rotatable bonds is 4. The number of nitrogens with one attached hydrogen (secondary N) is 1. The van der Waals surface area contributed by atoms with E-state index in [-0.39, 0.29) is 11.8 Å². The second-order valence-corrected chi connectivity index (χ2v) is 5.97. The Morgan fingerprint density at radius 2 is 1.95 bits per heavy atom. The van der Waals surface area contributed by atoms with Crippen LogP contribution in [0.1, 0.15) is 24.0 Å². The van der Waals surface area contributed by atoms with Gasteiger partial charge in [-0.05, 0) is 54.8 Å². The molecule has 1 amide bonds. The van der Waals surface area contributed by atoms with Crippen molar-refractivity contribution in [2.75, 3.05) is 11.9 Å². The van der Waals surface area contributed by atoms with Crippen molar-refractivity contribution in [2.24, 2.45) is 0 Å². The Balaban J connectivity index is 1.82. The number of hydrogen-bond donors (Lipinski definition) is 1. The molecular formula is C17H16BrNO2. The highest BCUT2D eigenvalue weighted by Gasteiger charge is 2.30. The number of fused-ring (bicyclic) bond motifs is 1. The van der Waals surface area contributed by atoms with Crippen molar-refractivity contribution in [3.8, 4) is 5.75 Å². The van der Waals surface area contributed by atoms with Gasteiger partial charge >= 0.3 is 0 Å². The van der Waals surface area contributed by atoms with Crippen LogP contribution in [0.3, 0.4) is 0 Å². The van der Waals surface area contributed by atoms with Crippen LogP contribution in [0, 0.1) is 0 Å². The van der Waals surface area contributed by atoms with Gasteiger partial charge in [0.15, 0.2) is 0 Å². The SMILES string of the molecule is CCOc1ccc(C[C@@H]2C(=O)Nc3ccc(Br)cc32)cc1. The second-order valence-electron chi connectivity index (χ2n) is 5.05. The summed E-state index contributed by atoms with van der Waals surface area (Å²) < 4.78 is 6.43. The van der Waals surface area contributed by atoms with Crippen molar-refractivity contribution in [1.82, 2.24) is 0 Å². The maximum Gasteiger partial charge on any atom is 0.232 e. The van der Waals surface area contributed by atoms with Gasteiger partial charge in [0.25, 0.3) is 0 Å². The number of carbonyl (C=O) groups is 1. The predicted octanol–water partition coefficient (Wildman–Crippen LogP) is 4.13. The van der Waals surface area contributed by atoms with Gasteiger partial charge in [-0.2, -0.15) is 0 Å². The lowest BCUT2D eigenvalue weighted by Crippen LogP contribution is -2.14. The van der Waals surface area contributed by atoms with Crippen molar-refractivity contribution in [2.45, 2.75) is 19.3 Å². The highest BCUT2D eigenvalue weighted by Crippen LogP contribution is 2.36. The van der Waals surface area contributed by atoms with Gasteiger partial charge in [0.05, 0.1) is 12.5 Å². The molecule has 1 heterocycles. The third-order valence-electron chi connectivity index (χ3n) is 3.64. The Kier molecular flexibility index (Phi) is 3.97. The minimum Gasteiger partial charge on any atom is -0.494 e. The van der Waals surface area contributed by atoms with Gasteiger partial charge in [0.2, 0.25) is 5.91 Å². The number of ether oxygens (including phenoxy) is 1. The highest BCUT2D eigenvalue weighted by molar-refractivity contribution is 9.10. The zero-order valence-electron chi connectivity index (χ0n) is 11.7. The summed E-state index contributed by atoms with van der Waals surface area (Å²) in [5.74, 6) is 0.799. The Hall–Kier alpha value is -1.81. The van der Waals surface area contributed by atoms with E-state index in [0.717, 1.165) is 27.0 Å². The molecule has 3 nitrogen and oxygen atoms in total. The first kappa shape index (κ1) is 14.1. The number of benzene rings is 2. The molecule has 3 rings (SSSR count). The number of amides is 1. The molecule has 1 aliphatic rings. The van der Waals surface area contributed by atoms with E-state index in [2.05, 4.69) is 21.2 Å². The number of anilines is 1. The van der Waals surface area contributed by atoms with E-state index in [4.69, 9.17) is 4.74 Å². The lowest BCUT2D eigenvalue weighted by molar-refractivity contribution is -0.117. The normalized spacial score (nSPS) is 16.5. The zero-order chi connectivity index (χ0) is 14.8. The monoisotopic (exact) mass is 345 g/mol. The summed E-state index contributed by atoms with van der Waals surface area (Å²) in [6, 6.07) is 13.9. The number of carbonyl (C=O) groups excluding carboxylic acids is 1. The molecule has 0 unspecified atom stereocenters. The van der Waals surface area contributed by atoms with Crippen molar-refractivity contribution >= 4 is 27.5 Å². The highest BCUT2D eigenvalue weighted by atomic mass is 79.9. The lowest BCUT2D eigenvalue weighted by atomic mass is 9.93. The molecular weight excluding hydrogens is 330 g/mol. The van der Waals surface area contributed by atoms with E-state index in [0.29, 0.717) is 13.0 Å². The van der Waals surface area contributed by atoms with Gasteiger partial charge in [-0.25, -0.2) is 0 Å². The van der Waals surface area contributed by atoms with E-state index in [1.807, 2.05) is 49.4 Å². The van der Waals surface area contributed by atoms with Gasteiger partial charge in [-0.3, -0.25) is 4.79 Å². The zero-order valence-corrected chi connectivity index (χ0v) is 13.3. The fraction of sp³-hybridized carbons (Fsp3) is 0.235. The van der Waals surface area contributed by atoms with E-state index in [1.165, 1.54) is 0 Å². The first-order chi connectivity index (χ1) is 10.2. The maximum atomic E-state index is 12.2. The molecule has 2 aromatic carbocycles. The summed E-state index contributed by atoms with van der Waals surface area (Å²) in [6.45, 7) is 2.62. The van der Waals surface area contributed by atoms with Crippen LogP contribution in [0.5, 0.6) is 5.75 Å². The maximum absolute atomic E-state index is 12.2. The van der Waals surface area contributed by atoms with E-state index >= 15 is 0 Å². The Labute approximate surface area is 132 Å². The Morgan fingerprint density at radius 1 is 1.19 bits per heavy atom. The molecule has 0 radical (unpaired) electrons. The van der Waals surface area contributed by atoms with Crippen LogP contribution in [0.15, 0.2) is 46.9 Å². The van der Waals surface area contributed by atoms with Gasteiger partial charge in [0, 0.05) is 10.2 Å². The second kappa shape index (κ2) is 5.90. The van der Waals surface area contributed by atoms with Gasteiger partial charge in [-0.15, -0.1) is 0 Å². The van der Waals surface area contributed by atoms with Crippen molar-refractivity contribution < 1.29 is 9.53 Å². The fourth-order valence-corrected chi connectivity index (χ4v) is 3.00. The molecule has 0 saturated carbocycles. The molecule has 2 aromatic rings. The van der Waals surface area contributed by atoms with Crippen molar-refractivity contribution in [3.63, 3.8) is 0 Å². The quantitative estimate of drug-likeness (QED) is 0.904. The molecule has 0 saturated heterocycles. The average molecular weight is 346 g/mol. The third-order valence-corrected chi connectivity index (χ3v) is 4.13. The summed E-state index contributed by atoms with van der Waals surface area (Å²) in [4.78, 5) is 12.2. The molecule has 4 heteroatoms. The molecule has 108 valence electrons. The van der Waals surface area contributed by atoms with Gasteiger partial charge in [-0.1, -0.05) is 28.1 Å². The fourth-order valence-electron chi connectivity index (χ4n) is 2.62. The topological polar surface area (TPSA) is 38.3 Å². The van der Waals surface area contributed by atoms with Crippen LogP contribution in [-0.4, -0.2) is 12.5 Å². The van der Waals surface area contributed by atoms with Crippen LogP contribution in [0.2, 0.25) is 0 Å². The summed E-state index contributed by atoms with van der Waals surface area (Å²) in [5.41, 5.74) is 3.11. The Bertz CT molecular complexity index is 667. The third kappa shape index (κ3) is 2.95. The van der Waals surface area contributed by atoms with E-state index in [1.54, 1.807) is 0 Å². The average Bonchev–Trinajstić information content (AvgIpc) is 2.77. The van der Waals surface area contributed by atoms with Crippen molar-refractivity contribution in [3.05, 3.63) is 58.1 Å². The summed E-state index contributed by atoms with van der Waals surface area (Å²) in [5, 5.41) is 2.94. The van der Waals surface area contributed by atoms with Crippen LogP contribution >= 0.6 is 15.9 Å². The minimum absolute atomic E-state index is 0.0667. The lowest BCUT2D eigenvalue weighted by Gasteiger charge is -2.10. The predicted molar refractivity (Wildman–Crippen MR) is 86.8 cm³/mol. The molecule has 0 aromatic heterocycles. The molecule has 1 N–H and O–H groups in total. The summed E-state index contributed by atoms with van der Waals surface area (Å²) >= 11 is 3.47. The molecule has 0 spiro atoms. The summed E-state index contributed by atoms with van der Waals surface area (Å²) in [7, 11) is 0. The molecule has 21 heavy (non-hydrogen) atoms. The Morgan fingerprint density at radius 3 is 2.67 bits per heavy atom. The van der Waals surface area contributed by atoms with E-state index < -0.39 is 0 Å². The number of halogens is 1. The molecule has 1 atom stereocenters. The van der Waals surface area contributed by atoms with Crippen molar-refractivity contribution in [1.29, 1.82) is 0 Å². The first-order valence-corrected chi connectivity index (χ1v) is 7.78. The summed E-state index contributed by atoms with van der Waals surface area (Å²) in [6.07, 6.45) is 0.696. The smallest absolute Gasteiger partial charge is 0.232 e. The molecule has 1 aliphatic heterocycles. The van der Waals surface area contributed by atoms with Crippen LogP contribution in [0.25, 0.3) is 0 Å². The van der Waals surface area contributed by atoms with Gasteiger partial charge < -0.3 is 10.1 Å². The number of hydrogen-bond acceptors (Lipinski definition) is 2. The first-order valence-electron chi connectivity index (χ1n) is 6.99. The van der Waals surface area contributed by atoms with Crippen LogP contribution in [-0.2, 0) is 11.2 Å². The molecule has 0 fully saturated rings. The minimum atomic E-state index is -0.129. The van der Waals surface area contributed by atoms with Crippen LogP contribution in [0.4, 0.5) is 5.69 Å². The van der Waals surface area contributed by atoms with E-state index in [9.17, 15) is 4.79 Å². The molecule has 0 bridgehead atoms.